The van der Waals surface area contributed by atoms with Crippen molar-refractivity contribution in [3.63, 3.8) is 0 Å². The van der Waals surface area contributed by atoms with Crippen LogP contribution in [-0.2, 0) is 0 Å². The summed E-state index contributed by atoms with van der Waals surface area (Å²) in [5, 5.41) is 6.88. The first-order valence-electron chi connectivity index (χ1n) is 6.62. The second kappa shape index (κ2) is 6.31. The number of anilines is 3. The Balaban J connectivity index is 1.94. The molecule has 0 atom stereocenters. The number of nitrogens with zero attached hydrogens (tertiary/aromatic N) is 3. The standard InChI is InChI=1S/C14H12Cl2N6O/c1-17-12-11(22-5-4-18-14(22)23)7-19-13(21-12)20-8-2-3-9(15)10(16)6-8/h2-7H,1H3,(H,18,23)(H2,17,19,20,21). The van der Waals surface area contributed by atoms with Crippen molar-refractivity contribution in [2.24, 2.45) is 0 Å². The molecule has 0 aliphatic rings. The summed E-state index contributed by atoms with van der Waals surface area (Å²) in [6.45, 7) is 0. The number of H-pyrrole nitrogens is 1. The maximum Gasteiger partial charge on any atom is 0.330 e. The highest BCUT2D eigenvalue weighted by Crippen LogP contribution is 2.26. The highest BCUT2D eigenvalue weighted by Gasteiger charge is 2.10. The molecule has 23 heavy (non-hydrogen) atoms. The van der Waals surface area contributed by atoms with Crippen LogP contribution in [0.4, 0.5) is 17.5 Å². The molecule has 0 saturated carbocycles. The Hall–Kier alpha value is -2.51. The van der Waals surface area contributed by atoms with Crippen LogP contribution in [0.1, 0.15) is 0 Å². The molecule has 1 aromatic carbocycles. The topological polar surface area (TPSA) is 87.6 Å². The molecule has 3 aromatic rings. The van der Waals surface area contributed by atoms with Crippen LogP contribution in [-0.4, -0.2) is 26.6 Å². The van der Waals surface area contributed by atoms with Gasteiger partial charge in [0.15, 0.2) is 5.82 Å². The molecule has 118 valence electrons. The lowest BCUT2D eigenvalue weighted by Crippen LogP contribution is -2.16. The molecular formula is C14H12Cl2N6O. The predicted molar refractivity (Wildman–Crippen MR) is 91.3 cm³/mol. The average Bonchev–Trinajstić information content (AvgIpc) is 2.97. The van der Waals surface area contributed by atoms with Gasteiger partial charge < -0.3 is 15.6 Å². The highest BCUT2D eigenvalue weighted by atomic mass is 35.5. The van der Waals surface area contributed by atoms with Crippen LogP contribution in [0, 0.1) is 0 Å². The summed E-state index contributed by atoms with van der Waals surface area (Å²) < 4.78 is 1.41. The Morgan fingerprint density at radius 3 is 2.74 bits per heavy atom. The van der Waals surface area contributed by atoms with Crippen LogP contribution >= 0.6 is 23.2 Å². The SMILES string of the molecule is CNc1nc(Nc2ccc(Cl)c(Cl)c2)ncc1-n1cc[nH]c1=O. The molecule has 3 rings (SSSR count). The maximum atomic E-state index is 11.7. The quantitative estimate of drug-likeness (QED) is 0.673. The third kappa shape index (κ3) is 3.15. The van der Waals surface area contributed by atoms with E-state index in [4.69, 9.17) is 23.2 Å². The van der Waals surface area contributed by atoms with Crippen molar-refractivity contribution >= 4 is 40.7 Å². The van der Waals surface area contributed by atoms with Crippen molar-refractivity contribution in [2.75, 3.05) is 17.7 Å². The molecule has 9 heteroatoms. The zero-order valence-corrected chi connectivity index (χ0v) is 13.5. The summed E-state index contributed by atoms with van der Waals surface area (Å²) in [6.07, 6.45) is 4.70. The molecule has 7 nitrogen and oxygen atoms in total. The van der Waals surface area contributed by atoms with E-state index in [0.29, 0.717) is 33.2 Å². The van der Waals surface area contributed by atoms with Gasteiger partial charge in [0.05, 0.1) is 16.2 Å². The van der Waals surface area contributed by atoms with Gasteiger partial charge in [0.25, 0.3) is 0 Å². The summed E-state index contributed by atoms with van der Waals surface area (Å²) in [5.41, 5.74) is 0.974. The zero-order valence-electron chi connectivity index (χ0n) is 12.0. The average molecular weight is 351 g/mol. The lowest BCUT2D eigenvalue weighted by atomic mass is 10.3. The van der Waals surface area contributed by atoms with Crippen molar-refractivity contribution in [3.05, 3.63) is 57.3 Å². The second-order valence-electron chi connectivity index (χ2n) is 4.57. The largest absolute Gasteiger partial charge is 0.371 e. The van der Waals surface area contributed by atoms with Gasteiger partial charge in [0.1, 0.15) is 5.69 Å². The monoisotopic (exact) mass is 350 g/mol. The normalized spacial score (nSPS) is 10.6. The fourth-order valence-electron chi connectivity index (χ4n) is 2.01. The third-order valence-electron chi connectivity index (χ3n) is 3.09. The maximum absolute atomic E-state index is 11.7. The molecule has 0 spiro atoms. The van der Waals surface area contributed by atoms with Gasteiger partial charge in [-0.05, 0) is 18.2 Å². The number of benzene rings is 1. The van der Waals surface area contributed by atoms with Gasteiger partial charge in [-0.1, -0.05) is 23.2 Å². The van der Waals surface area contributed by atoms with Crippen molar-refractivity contribution in [2.45, 2.75) is 0 Å². The lowest BCUT2D eigenvalue weighted by Gasteiger charge is -2.11. The molecule has 0 aliphatic heterocycles. The van der Waals surface area contributed by atoms with Gasteiger partial charge in [-0.3, -0.25) is 4.57 Å². The Morgan fingerprint density at radius 2 is 2.09 bits per heavy atom. The van der Waals surface area contributed by atoms with Gasteiger partial charge in [0.2, 0.25) is 5.95 Å². The molecule has 0 fully saturated rings. The van der Waals surface area contributed by atoms with Crippen LogP contribution in [0.15, 0.2) is 41.6 Å². The number of hydrogen-bond acceptors (Lipinski definition) is 5. The summed E-state index contributed by atoms with van der Waals surface area (Å²) in [5.74, 6) is 0.865. The number of hydrogen-bond donors (Lipinski definition) is 3. The van der Waals surface area contributed by atoms with Crippen molar-refractivity contribution in [1.29, 1.82) is 0 Å². The van der Waals surface area contributed by atoms with Gasteiger partial charge in [-0.25, -0.2) is 9.78 Å². The molecule has 2 aromatic heterocycles. The highest BCUT2D eigenvalue weighted by molar-refractivity contribution is 6.42. The smallest absolute Gasteiger partial charge is 0.330 e. The Morgan fingerprint density at radius 1 is 1.26 bits per heavy atom. The molecular weight excluding hydrogens is 339 g/mol. The van der Waals surface area contributed by atoms with Crippen LogP contribution in [0.3, 0.4) is 0 Å². The summed E-state index contributed by atoms with van der Waals surface area (Å²) in [7, 11) is 1.71. The Bertz CT molecular complexity index is 904. The van der Waals surface area contributed by atoms with Gasteiger partial charge in [0, 0.05) is 25.1 Å². The minimum Gasteiger partial charge on any atom is -0.371 e. The van der Waals surface area contributed by atoms with Crippen LogP contribution in [0.25, 0.3) is 5.69 Å². The van der Waals surface area contributed by atoms with Crippen molar-refractivity contribution in [1.82, 2.24) is 19.5 Å². The molecule has 0 radical (unpaired) electrons. The minimum absolute atomic E-state index is 0.268. The fraction of sp³-hybridized carbons (Fsp3) is 0.0714. The van der Waals surface area contributed by atoms with Crippen LogP contribution in [0.5, 0.6) is 0 Å². The van der Waals surface area contributed by atoms with Gasteiger partial charge in [-0.2, -0.15) is 4.98 Å². The van der Waals surface area contributed by atoms with E-state index < -0.39 is 0 Å². The van der Waals surface area contributed by atoms with E-state index in [1.165, 1.54) is 4.57 Å². The Kier molecular flexibility index (Phi) is 4.22. The van der Waals surface area contributed by atoms with Crippen molar-refractivity contribution in [3.8, 4) is 5.69 Å². The van der Waals surface area contributed by atoms with E-state index in [1.807, 2.05) is 0 Å². The third-order valence-corrected chi connectivity index (χ3v) is 3.83. The molecule has 0 unspecified atom stereocenters. The first-order valence-corrected chi connectivity index (χ1v) is 7.37. The lowest BCUT2D eigenvalue weighted by molar-refractivity contribution is 0.960. The fourth-order valence-corrected chi connectivity index (χ4v) is 2.31. The number of nitrogens with one attached hydrogen (secondary N) is 3. The van der Waals surface area contributed by atoms with Gasteiger partial charge >= 0.3 is 5.69 Å². The Labute approximate surface area is 141 Å². The summed E-state index contributed by atoms with van der Waals surface area (Å²) >= 11 is 11.9. The summed E-state index contributed by atoms with van der Waals surface area (Å²) in [4.78, 5) is 22.9. The first kappa shape index (κ1) is 15.4. The van der Waals surface area contributed by atoms with Crippen molar-refractivity contribution < 1.29 is 0 Å². The van der Waals surface area contributed by atoms with E-state index in [2.05, 4.69) is 25.6 Å². The van der Waals surface area contributed by atoms with E-state index in [0.717, 1.165) is 0 Å². The first-order chi connectivity index (χ1) is 11.1. The predicted octanol–water partition coefficient (Wildman–Crippen LogP) is 3.05. The zero-order chi connectivity index (χ0) is 16.4. The van der Waals surface area contributed by atoms with E-state index in [9.17, 15) is 4.79 Å². The molecule has 2 heterocycles. The van der Waals surface area contributed by atoms with Crippen LogP contribution < -0.4 is 16.3 Å². The molecule has 0 saturated heterocycles. The van der Waals surface area contributed by atoms with E-state index >= 15 is 0 Å². The number of aromatic amines is 1. The number of rotatable bonds is 4. The summed E-state index contributed by atoms with van der Waals surface area (Å²) in [6, 6.07) is 5.12. The minimum atomic E-state index is -0.268. The molecule has 0 aliphatic carbocycles. The number of halogens is 2. The number of aromatic nitrogens is 4. The number of imidazole rings is 1. The second-order valence-corrected chi connectivity index (χ2v) is 5.38. The molecule has 0 bridgehead atoms. The van der Waals surface area contributed by atoms with Gasteiger partial charge in [-0.15, -0.1) is 0 Å². The molecule has 0 amide bonds. The van der Waals surface area contributed by atoms with E-state index in [-0.39, 0.29) is 5.69 Å². The van der Waals surface area contributed by atoms with E-state index in [1.54, 1.807) is 43.8 Å². The van der Waals surface area contributed by atoms with Crippen LogP contribution in [0.2, 0.25) is 10.0 Å². The molecule has 3 N–H and O–H groups in total.